The number of aliphatic carboxylic acids is 1. The van der Waals surface area contributed by atoms with Gasteiger partial charge in [-0.2, -0.15) is 5.10 Å². The van der Waals surface area contributed by atoms with Crippen molar-refractivity contribution in [2.45, 2.75) is 26.8 Å². The summed E-state index contributed by atoms with van der Waals surface area (Å²) < 4.78 is 1.49. The Kier molecular flexibility index (Phi) is 4.25. The molecule has 1 amide bonds. The zero-order valence-electron chi connectivity index (χ0n) is 10.0. The molecule has 1 aromatic heterocycles. The quantitative estimate of drug-likeness (QED) is 0.757. The Morgan fingerprint density at radius 2 is 2.24 bits per heavy atom. The summed E-state index contributed by atoms with van der Waals surface area (Å²) in [6.07, 6.45) is 3.72. The van der Waals surface area contributed by atoms with Gasteiger partial charge in [-0.15, -0.1) is 0 Å². The van der Waals surface area contributed by atoms with Crippen LogP contribution in [0.2, 0.25) is 0 Å². The fourth-order valence-electron chi connectivity index (χ4n) is 1.24. The molecule has 0 fully saturated rings. The summed E-state index contributed by atoms with van der Waals surface area (Å²) in [5, 5.41) is 15.5. The third kappa shape index (κ3) is 3.58. The number of carbonyl (C=O) groups excluding carboxylic acids is 1. The van der Waals surface area contributed by atoms with Crippen molar-refractivity contribution in [1.29, 1.82) is 0 Å². The molecule has 0 spiro atoms. The highest BCUT2D eigenvalue weighted by Gasteiger charge is 2.31. The molecule has 17 heavy (non-hydrogen) atoms. The van der Waals surface area contributed by atoms with E-state index in [-0.39, 0.29) is 19.0 Å². The zero-order valence-corrected chi connectivity index (χ0v) is 10.0. The van der Waals surface area contributed by atoms with E-state index in [1.165, 1.54) is 4.68 Å². The lowest BCUT2D eigenvalue weighted by atomic mass is 9.88. The van der Waals surface area contributed by atoms with Gasteiger partial charge in [-0.05, 0) is 19.4 Å². The first-order chi connectivity index (χ1) is 7.98. The highest BCUT2D eigenvalue weighted by Crippen LogP contribution is 2.19. The highest BCUT2D eigenvalue weighted by molar-refractivity contribution is 5.78. The zero-order chi connectivity index (χ0) is 12.9. The predicted octanol–water partition coefficient (Wildman–Crippen LogP) is 0.500. The van der Waals surface area contributed by atoms with Gasteiger partial charge in [0.15, 0.2) is 0 Å². The molecular weight excluding hydrogens is 222 g/mol. The number of rotatable bonds is 6. The van der Waals surface area contributed by atoms with Crippen LogP contribution in [0.3, 0.4) is 0 Å². The Balaban J connectivity index is 2.45. The third-order valence-electron chi connectivity index (χ3n) is 2.84. The van der Waals surface area contributed by atoms with E-state index in [1.54, 1.807) is 32.3 Å². The van der Waals surface area contributed by atoms with Crippen LogP contribution in [0.4, 0.5) is 0 Å². The molecule has 0 aliphatic carbocycles. The van der Waals surface area contributed by atoms with Gasteiger partial charge in [0.05, 0.1) is 5.41 Å². The Hall–Kier alpha value is -1.85. The largest absolute Gasteiger partial charge is 0.481 e. The van der Waals surface area contributed by atoms with Crippen LogP contribution in [0.1, 0.15) is 20.3 Å². The monoisotopic (exact) mass is 239 g/mol. The molecule has 1 rings (SSSR count). The molecule has 0 saturated carbocycles. The number of hydrogen-bond donors (Lipinski definition) is 2. The van der Waals surface area contributed by atoms with Crippen molar-refractivity contribution in [3.63, 3.8) is 0 Å². The van der Waals surface area contributed by atoms with Gasteiger partial charge in [0.25, 0.3) is 0 Å². The second kappa shape index (κ2) is 5.47. The van der Waals surface area contributed by atoms with E-state index in [1.807, 2.05) is 0 Å². The first-order valence-corrected chi connectivity index (χ1v) is 5.45. The number of carbonyl (C=O) groups is 2. The van der Waals surface area contributed by atoms with Crippen molar-refractivity contribution in [3.8, 4) is 0 Å². The Bertz CT molecular complexity index is 389. The van der Waals surface area contributed by atoms with Gasteiger partial charge in [-0.1, -0.05) is 6.92 Å². The van der Waals surface area contributed by atoms with Crippen LogP contribution in [0.25, 0.3) is 0 Å². The summed E-state index contributed by atoms with van der Waals surface area (Å²) in [7, 11) is 0. The molecule has 0 aliphatic rings. The van der Waals surface area contributed by atoms with E-state index < -0.39 is 11.4 Å². The van der Waals surface area contributed by atoms with Gasteiger partial charge in [0.2, 0.25) is 5.91 Å². The fourth-order valence-corrected chi connectivity index (χ4v) is 1.24. The van der Waals surface area contributed by atoms with Crippen molar-refractivity contribution in [1.82, 2.24) is 15.1 Å². The average Bonchev–Trinajstić information content (AvgIpc) is 2.78. The second-order valence-electron chi connectivity index (χ2n) is 4.20. The predicted molar refractivity (Wildman–Crippen MR) is 61.3 cm³/mol. The third-order valence-corrected chi connectivity index (χ3v) is 2.84. The number of carboxylic acids is 1. The number of hydrogen-bond acceptors (Lipinski definition) is 3. The molecule has 1 aromatic rings. The maximum Gasteiger partial charge on any atom is 0.311 e. The lowest BCUT2D eigenvalue weighted by Gasteiger charge is -2.23. The smallest absolute Gasteiger partial charge is 0.311 e. The van der Waals surface area contributed by atoms with Crippen molar-refractivity contribution >= 4 is 11.9 Å². The number of aromatic nitrogens is 2. The molecule has 0 radical (unpaired) electrons. The molecule has 0 aliphatic heterocycles. The van der Waals surface area contributed by atoms with E-state index in [0.29, 0.717) is 6.42 Å². The number of nitrogens with zero attached hydrogens (tertiary/aromatic N) is 2. The first-order valence-electron chi connectivity index (χ1n) is 5.45. The number of amides is 1. The normalized spacial score (nSPS) is 14.0. The summed E-state index contributed by atoms with van der Waals surface area (Å²) in [5.41, 5.74) is -0.917. The molecule has 6 nitrogen and oxygen atoms in total. The van der Waals surface area contributed by atoms with Crippen molar-refractivity contribution in [2.24, 2.45) is 5.41 Å². The summed E-state index contributed by atoms with van der Waals surface area (Å²) in [6, 6.07) is 1.72. The van der Waals surface area contributed by atoms with Crippen LogP contribution in [0.5, 0.6) is 0 Å². The summed E-state index contributed by atoms with van der Waals surface area (Å²) in [6.45, 7) is 3.63. The fraction of sp³-hybridized carbons (Fsp3) is 0.545. The lowest BCUT2D eigenvalue weighted by Crippen LogP contribution is -2.41. The number of nitrogens with one attached hydrogen (secondary N) is 1. The molecule has 1 atom stereocenters. The van der Waals surface area contributed by atoms with Gasteiger partial charge in [0.1, 0.15) is 6.54 Å². The molecule has 0 aromatic carbocycles. The molecule has 1 unspecified atom stereocenters. The molecule has 1 heterocycles. The van der Waals surface area contributed by atoms with Gasteiger partial charge in [-0.3, -0.25) is 14.3 Å². The first kappa shape index (κ1) is 13.2. The molecule has 94 valence electrons. The van der Waals surface area contributed by atoms with Crippen LogP contribution < -0.4 is 5.32 Å². The minimum absolute atomic E-state index is 0.104. The van der Waals surface area contributed by atoms with Crippen molar-refractivity contribution in [2.75, 3.05) is 6.54 Å². The summed E-state index contributed by atoms with van der Waals surface area (Å²) >= 11 is 0. The average molecular weight is 239 g/mol. The summed E-state index contributed by atoms with van der Waals surface area (Å²) in [4.78, 5) is 22.5. The van der Waals surface area contributed by atoms with Crippen LogP contribution in [0.15, 0.2) is 18.5 Å². The maximum absolute atomic E-state index is 11.5. The summed E-state index contributed by atoms with van der Waals surface area (Å²) in [5.74, 6) is -1.14. The lowest BCUT2D eigenvalue weighted by molar-refractivity contribution is -0.148. The minimum atomic E-state index is -0.917. The second-order valence-corrected chi connectivity index (χ2v) is 4.20. The van der Waals surface area contributed by atoms with Crippen molar-refractivity contribution in [3.05, 3.63) is 18.5 Å². The Morgan fingerprint density at radius 1 is 1.53 bits per heavy atom. The standard InChI is InChI=1S/C11H17N3O3/c1-3-11(2,10(16)17)8-12-9(15)7-14-6-4-5-13-14/h4-6H,3,7-8H2,1-2H3,(H,12,15)(H,16,17). The van der Waals surface area contributed by atoms with E-state index in [4.69, 9.17) is 5.11 Å². The molecule has 0 bridgehead atoms. The van der Waals surface area contributed by atoms with Gasteiger partial charge in [-0.25, -0.2) is 0 Å². The Morgan fingerprint density at radius 3 is 2.71 bits per heavy atom. The van der Waals surface area contributed by atoms with E-state index in [0.717, 1.165) is 0 Å². The highest BCUT2D eigenvalue weighted by atomic mass is 16.4. The van der Waals surface area contributed by atoms with Gasteiger partial charge >= 0.3 is 5.97 Å². The van der Waals surface area contributed by atoms with E-state index >= 15 is 0 Å². The van der Waals surface area contributed by atoms with E-state index in [9.17, 15) is 9.59 Å². The SMILES string of the molecule is CCC(C)(CNC(=O)Cn1cccn1)C(=O)O. The van der Waals surface area contributed by atoms with E-state index in [2.05, 4.69) is 10.4 Å². The minimum Gasteiger partial charge on any atom is -0.481 e. The number of carboxylic acid groups (broad SMARTS) is 1. The molecule has 0 saturated heterocycles. The van der Waals surface area contributed by atoms with Crippen molar-refractivity contribution < 1.29 is 14.7 Å². The topological polar surface area (TPSA) is 84.2 Å². The molecule has 6 heteroatoms. The van der Waals surface area contributed by atoms with Crippen LogP contribution in [-0.4, -0.2) is 33.3 Å². The van der Waals surface area contributed by atoms with Gasteiger partial charge in [0, 0.05) is 18.9 Å². The van der Waals surface area contributed by atoms with Gasteiger partial charge < -0.3 is 10.4 Å². The Labute approximate surface area is 99.6 Å². The van der Waals surface area contributed by atoms with Crippen LogP contribution in [-0.2, 0) is 16.1 Å². The maximum atomic E-state index is 11.5. The molecule has 2 N–H and O–H groups in total. The molecular formula is C11H17N3O3. The van der Waals surface area contributed by atoms with Crippen LogP contribution >= 0.6 is 0 Å². The van der Waals surface area contributed by atoms with Crippen LogP contribution in [0, 0.1) is 5.41 Å².